The minimum Gasteiger partial charge on any atom is -0.335 e. The molecule has 4 rings (SSSR count). The quantitative estimate of drug-likeness (QED) is 0.731. The van der Waals surface area contributed by atoms with Crippen LogP contribution in [0.15, 0.2) is 35.1 Å². The monoisotopic (exact) mass is 397 g/mol. The van der Waals surface area contributed by atoms with Crippen LogP contribution in [0.25, 0.3) is 4.96 Å². The molecule has 1 saturated heterocycles. The van der Waals surface area contributed by atoms with Crippen LogP contribution in [-0.2, 0) is 4.79 Å². The number of amides is 1. The van der Waals surface area contributed by atoms with Crippen LogP contribution in [0.5, 0.6) is 0 Å². The van der Waals surface area contributed by atoms with Crippen molar-refractivity contribution in [2.75, 3.05) is 16.8 Å². The topological polar surface area (TPSA) is 79.6 Å². The van der Waals surface area contributed by atoms with Crippen LogP contribution in [0, 0.1) is 6.92 Å². The number of hydrogen-bond acceptors (Lipinski definition) is 6. The van der Waals surface area contributed by atoms with Gasteiger partial charge in [-0.3, -0.25) is 9.59 Å². The third-order valence-corrected chi connectivity index (χ3v) is 5.95. The summed E-state index contributed by atoms with van der Waals surface area (Å²) >= 11 is 1.34. The van der Waals surface area contributed by atoms with Crippen molar-refractivity contribution >= 4 is 33.0 Å². The standard InChI is InChI=1S/C20H23N5O2S/c1-12(2)14-6-8-15(9-7-14)22-18(27)16-5-4-10-24(16)20-23-25-17(26)11-13(3)21-19(25)28-20/h6-9,11-12,16H,4-5,10H2,1-3H3,(H,22,27)/t16-/m1/s1. The minimum atomic E-state index is -0.304. The fourth-order valence-electron chi connectivity index (χ4n) is 3.47. The molecular formula is C20H23N5O2S. The number of nitrogens with one attached hydrogen (secondary N) is 1. The lowest BCUT2D eigenvalue weighted by Gasteiger charge is -2.22. The molecule has 3 heterocycles. The number of rotatable bonds is 4. The first-order chi connectivity index (χ1) is 13.4. The molecule has 1 amide bonds. The predicted octanol–water partition coefficient (Wildman–Crippen LogP) is 3.19. The van der Waals surface area contributed by atoms with Gasteiger partial charge in [0.25, 0.3) is 5.56 Å². The molecule has 1 aliphatic heterocycles. The summed E-state index contributed by atoms with van der Waals surface area (Å²) < 4.78 is 1.31. The van der Waals surface area contributed by atoms with Gasteiger partial charge in [0.15, 0.2) is 0 Å². The van der Waals surface area contributed by atoms with E-state index in [4.69, 9.17) is 0 Å². The summed E-state index contributed by atoms with van der Waals surface area (Å²) in [7, 11) is 0. The van der Waals surface area contributed by atoms with Gasteiger partial charge in [-0.2, -0.15) is 4.52 Å². The van der Waals surface area contributed by atoms with E-state index in [1.165, 1.54) is 27.5 Å². The van der Waals surface area contributed by atoms with Crippen molar-refractivity contribution in [1.29, 1.82) is 0 Å². The summed E-state index contributed by atoms with van der Waals surface area (Å²) in [5.41, 5.74) is 2.50. The molecule has 1 fully saturated rings. The predicted molar refractivity (Wildman–Crippen MR) is 111 cm³/mol. The molecule has 0 radical (unpaired) electrons. The van der Waals surface area contributed by atoms with Gasteiger partial charge in [-0.25, -0.2) is 4.98 Å². The summed E-state index contributed by atoms with van der Waals surface area (Å²) in [5, 5.41) is 8.08. The number of aromatic nitrogens is 3. The second kappa shape index (κ2) is 7.35. The number of carbonyl (C=O) groups excluding carboxylic acids is 1. The van der Waals surface area contributed by atoms with Crippen molar-refractivity contribution in [3.8, 4) is 0 Å². The molecule has 0 saturated carbocycles. The van der Waals surface area contributed by atoms with E-state index < -0.39 is 0 Å². The van der Waals surface area contributed by atoms with E-state index >= 15 is 0 Å². The summed E-state index contributed by atoms with van der Waals surface area (Å²) in [5.74, 6) is 0.403. The van der Waals surface area contributed by atoms with E-state index in [0.717, 1.165) is 25.1 Å². The van der Waals surface area contributed by atoms with Gasteiger partial charge in [0.05, 0.1) is 0 Å². The van der Waals surface area contributed by atoms with Crippen LogP contribution in [0.4, 0.5) is 10.8 Å². The van der Waals surface area contributed by atoms with Gasteiger partial charge < -0.3 is 10.2 Å². The van der Waals surface area contributed by atoms with Crippen LogP contribution in [0.1, 0.15) is 43.9 Å². The molecule has 1 atom stereocenters. The van der Waals surface area contributed by atoms with E-state index in [-0.39, 0.29) is 17.5 Å². The molecule has 3 aromatic rings. The summed E-state index contributed by atoms with van der Waals surface area (Å²) in [6.45, 7) is 6.81. The van der Waals surface area contributed by atoms with Crippen molar-refractivity contribution in [2.24, 2.45) is 0 Å². The first-order valence-corrected chi connectivity index (χ1v) is 10.3. The minimum absolute atomic E-state index is 0.0504. The fourth-order valence-corrected chi connectivity index (χ4v) is 4.50. The van der Waals surface area contributed by atoms with E-state index in [1.807, 2.05) is 29.2 Å². The Labute approximate surface area is 167 Å². The van der Waals surface area contributed by atoms with Gasteiger partial charge in [-0.05, 0) is 43.4 Å². The lowest BCUT2D eigenvalue weighted by atomic mass is 10.0. The molecule has 1 aromatic carbocycles. The molecule has 7 nitrogen and oxygen atoms in total. The maximum atomic E-state index is 12.9. The van der Waals surface area contributed by atoms with Crippen molar-refractivity contribution in [3.05, 3.63) is 51.9 Å². The second-order valence-electron chi connectivity index (χ2n) is 7.43. The highest BCUT2D eigenvalue weighted by Crippen LogP contribution is 2.30. The average molecular weight is 398 g/mol. The van der Waals surface area contributed by atoms with Gasteiger partial charge in [0.2, 0.25) is 16.0 Å². The SMILES string of the molecule is Cc1cc(=O)n2nc(N3CCC[C@@H]3C(=O)Nc3ccc(C(C)C)cc3)sc2n1. The van der Waals surface area contributed by atoms with Gasteiger partial charge in [-0.15, -0.1) is 5.10 Å². The second-order valence-corrected chi connectivity index (χ2v) is 8.37. The molecular weight excluding hydrogens is 374 g/mol. The van der Waals surface area contributed by atoms with Crippen LogP contribution < -0.4 is 15.8 Å². The third-order valence-electron chi connectivity index (χ3n) is 5.01. The normalized spacial score (nSPS) is 16.9. The molecule has 0 bridgehead atoms. The zero-order chi connectivity index (χ0) is 19.8. The Morgan fingerprint density at radius 2 is 2.04 bits per heavy atom. The molecule has 0 spiro atoms. The summed E-state index contributed by atoms with van der Waals surface area (Å²) in [4.78, 5) is 31.9. The van der Waals surface area contributed by atoms with Crippen molar-refractivity contribution in [1.82, 2.24) is 14.6 Å². The van der Waals surface area contributed by atoms with E-state index in [1.54, 1.807) is 6.92 Å². The highest BCUT2D eigenvalue weighted by molar-refractivity contribution is 7.20. The number of anilines is 2. The number of hydrogen-bond donors (Lipinski definition) is 1. The zero-order valence-electron chi connectivity index (χ0n) is 16.2. The highest BCUT2D eigenvalue weighted by atomic mass is 32.1. The van der Waals surface area contributed by atoms with Gasteiger partial charge in [0, 0.05) is 24.0 Å². The van der Waals surface area contributed by atoms with Crippen LogP contribution >= 0.6 is 11.3 Å². The lowest BCUT2D eigenvalue weighted by Crippen LogP contribution is -2.39. The lowest BCUT2D eigenvalue weighted by molar-refractivity contribution is -0.117. The van der Waals surface area contributed by atoms with Gasteiger partial charge >= 0.3 is 0 Å². The Kier molecular flexibility index (Phi) is 4.89. The third kappa shape index (κ3) is 3.52. The van der Waals surface area contributed by atoms with E-state index in [0.29, 0.717) is 21.7 Å². The van der Waals surface area contributed by atoms with Gasteiger partial charge in [-0.1, -0.05) is 37.3 Å². The number of fused-ring (bicyclic) bond motifs is 1. The number of aryl methyl sites for hydroxylation is 1. The van der Waals surface area contributed by atoms with E-state index in [2.05, 4.69) is 29.2 Å². The largest absolute Gasteiger partial charge is 0.335 e. The molecule has 0 unspecified atom stereocenters. The fraction of sp³-hybridized carbons (Fsp3) is 0.400. The highest BCUT2D eigenvalue weighted by Gasteiger charge is 2.33. The Morgan fingerprint density at radius 1 is 1.29 bits per heavy atom. The molecule has 0 aliphatic carbocycles. The smallest absolute Gasteiger partial charge is 0.275 e. The van der Waals surface area contributed by atoms with Crippen molar-refractivity contribution in [2.45, 2.75) is 45.6 Å². The van der Waals surface area contributed by atoms with E-state index in [9.17, 15) is 9.59 Å². The Hall–Kier alpha value is -2.74. The first-order valence-electron chi connectivity index (χ1n) is 9.47. The molecule has 8 heteroatoms. The van der Waals surface area contributed by atoms with Crippen LogP contribution in [0.3, 0.4) is 0 Å². The molecule has 1 aliphatic rings. The molecule has 28 heavy (non-hydrogen) atoms. The number of benzene rings is 1. The Bertz CT molecular complexity index is 1070. The van der Waals surface area contributed by atoms with Crippen LogP contribution in [0.2, 0.25) is 0 Å². The van der Waals surface area contributed by atoms with Crippen molar-refractivity contribution < 1.29 is 4.79 Å². The molecule has 1 N–H and O–H groups in total. The van der Waals surface area contributed by atoms with Crippen LogP contribution in [-0.4, -0.2) is 33.1 Å². The van der Waals surface area contributed by atoms with Crippen molar-refractivity contribution in [3.63, 3.8) is 0 Å². The summed E-state index contributed by atoms with van der Waals surface area (Å²) in [6.07, 6.45) is 1.66. The van der Waals surface area contributed by atoms with Gasteiger partial charge in [0.1, 0.15) is 6.04 Å². The Balaban J connectivity index is 1.55. The maximum Gasteiger partial charge on any atom is 0.275 e. The summed E-state index contributed by atoms with van der Waals surface area (Å²) in [6, 6.07) is 9.13. The Morgan fingerprint density at radius 3 is 2.75 bits per heavy atom. The zero-order valence-corrected chi connectivity index (χ0v) is 17.0. The first kappa shape index (κ1) is 18.6. The number of nitrogens with zero attached hydrogens (tertiary/aromatic N) is 4. The average Bonchev–Trinajstić information content (AvgIpc) is 3.28. The molecule has 2 aromatic heterocycles. The number of carbonyl (C=O) groups is 1. The maximum absolute atomic E-state index is 12.9. The molecule has 146 valence electrons.